The van der Waals surface area contributed by atoms with Crippen LogP contribution in [0.25, 0.3) is 11.1 Å². The number of amides is 1. The fourth-order valence-electron chi connectivity index (χ4n) is 3.79. The summed E-state index contributed by atoms with van der Waals surface area (Å²) in [5.74, 6) is -0.388. The molecule has 0 radical (unpaired) electrons. The van der Waals surface area contributed by atoms with Crippen molar-refractivity contribution in [1.82, 2.24) is 4.72 Å². The maximum absolute atomic E-state index is 12.6. The fourth-order valence-corrected chi connectivity index (χ4v) is 4.78. The number of hydrogen-bond acceptors (Lipinski definition) is 3. The van der Waals surface area contributed by atoms with Crippen LogP contribution in [0.2, 0.25) is 0 Å². The highest BCUT2D eigenvalue weighted by molar-refractivity contribution is 7.90. The van der Waals surface area contributed by atoms with Gasteiger partial charge < -0.3 is 0 Å². The van der Waals surface area contributed by atoms with Crippen LogP contribution in [0.1, 0.15) is 29.9 Å². The smallest absolute Gasteiger partial charge is 0.264 e. The highest BCUT2D eigenvalue weighted by Crippen LogP contribution is 2.35. The van der Waals surface area contributed by atoms with Crippen molar-refractivity contribution in [2.24, 2.45) is 0 Å². The minimum absolute atomic E-state index is 0.0758. The number of nitrogens with one attached hydrogen (secondary N) is 1. The number of hydrogen-bond donors (Lipinski definition) is 1. The second kappa shape index (κ2) is 7.60. The van der Waals surface area contributed by atoms with Crippen molar-refractivity contribution in [2.75, 3.05) is 0 Å². The van der Waals surface area contributed by atoms with E-state index in [9.17, 15) is 13.2 Å². The van der Waals surface area contributed by atoms with Crippen LogP contribution >= 0.6 is 0 Å². The summed E-state index contributed by atoms with van der Waals surface area (Å²) < 4.78 is 27.4. The Morgan fingerprint density at radius 1 is 0.857 bits per heavy atom. The van der Waals surface area contributed by atoms with Crippen LogP contribution in [-0.2, 0) is 21.2 Å². The van der Waals surface area contributed by atoms with Crippen molar-refractivity contribution in [3.05, 3.63) is 90.0 Å². The maximum atomic E-state index is 12.6. The first-order valence-corrected chi connectivity index (χ1v) is 10.8. The topological polar surface area (TPSA) is 63.2 Å². The Kier molecular flexibility index (Phi) is 5.01. The van der Waals surface area contributed by atoms with Gasteiger partial charge >= 0.3 is 0 Å². The molecule has 0 saturated heterocycles. The minimum Gasteiger partial charge on any atom is -0.274 e. The molecule has 0 saturated carbocycles. The van der Waals surface area contributed by atoms with Gasteiger partial charge in [0.1, 0.15) is 0 Å². The van der Waals surface area contributed by atoms with Gasteiger partial charge in [-0.1, -0.05) is 66.7 Å². The monoisotopic (exact) mass is 391 g/mol. The third-order valence-electron chi connectivity index (χ3n) is 5.21. The molecule has 5 heteroatoms. The maximum Gasteiger partial charge on any atom is 0.264 e. The Morgan fingerprint density at radius 3 is 2.25 bits per heavy atom. The Hall–Kier alpha value is -2.92. The fraction of sp³-hybridized carbons (Fsp3) is 0.174. The number of fused-ring (bicyclic) bond motifs is 1. The van der Waals surface area contributed by atoms with Crippen LogP contribution in [0.3, 0.4) is 0 Å². The van der Waals surface area contributed by atoms with Gasteiger partial charge in [0, 0.05) is 6.42 Å². The van der Waals surface area contributed by atoms with Crippen molar-refractivity contribution in [2.45, 2.75) is 30.1 Å². The number of carbonyl (C=O) groups is 1. The van der Waals surface area contributed by atoms with Crippen LogP contribution in [-0.4, -0.2) is 14.3 Å². The lowest BCUT2D eigenvalue weighted by Crippen LogP contribution is -2.31. The molecule has 0 spiro atoms. The average Bonchev–Trinajstić information content (AvgIpc) is 3.11. The van der Waals surface area contributed by atoms with E-state index in [2.05, 4.69) is 10.8 Å². The first-order chi connectivity index (χ1) is 13.5. The Bertz CT molecular complexity index is 1090. The predicted octanol–water partition coefficient (Wildman–Crippen LogP) is 4.28. The quantitative estimate of drug-likeness (QED) is 0.706. The molecule has 0 aliphatic heterocycles. The summed E-state index contributed by atoms with van der Waals surface area (Å²) in [6.07, 6.45) is 1.98. The Balaban J connectivity index is 1.45. The van der Waals surface area contributed by atoms with Crippen molar-refractivity contribution < 1.29 is 13.2 Å². The summed E-state index contributed by atoms with van der Waals surface area (Å²) in [6.45, 7) is 0. The molecule has 1 unspecified atom stereocenters. The molecule has 1 aliphatic rings. The summed E-state index contributed by atoms with van der Waals surface area (Å²) in [4.78, 5) is 12.5. The van der Waals surface area contributed by atoms with Crippen molar-refractivity contribution in [3.63, 3.8) is 0 Å². The van der Waals surface area contributed by atoms with Gasteiger partial charge in [-0.15, -0.1) is 0 Å². The van der Waals surface area contributed by atoms with Gasteiger partial charge in [0.2, 0.25) is 5.91 Å². The largest absolute Gasteiger partial charge is 0.274 e. The molecule has 3 aromatic carbocycles. The van der Waals surface area contributed by atoms with Gasteiger partial charge in [0.15, 0.2) is 0 Å². The van der Waals surface area contributed by atoms with Gasteiger partial charge in [-0.3, -0.25) is 4.79 Å². The number of benzene rings is 3. The van der Waals surface area contributed by atoms with E-state index in [1.165, 1.54) is 17.7 Å². The van der Waals surface area contributed by atoms with E-state index in [4.69, 9.17) is 0 Å². The molecule has 1 N–H and O–H groups in total. The summed E-state index contributed by atoms with van der Waals surface area (Å²) in [7, 11) is -3.88. The van der Waals surface area contributed by atoms with E-state index in [0.29, 0.717) is 0 Å². The summed E-state index contributed by atoms with van der Waals surface area (Å²) in [5, 5.41) is 0. The second-order valence-corrected chi connectivity index (χ2v) is 8.74. The Labute approximate surface area is 165 Å². The molecular formula is C23H21NO3S. The summed E-state index contributed by atoms with van der Waals surface area (Å²) in [6, 6.07) is 24.3. The predicted molar refractivity (Wildman–Crippen MR) is 109 cm³/mol. The summed E-state index contributed by atoms with van der Waals surface area (Å²) in [5.41, 5.74) is 4.34. The molecule has 1 amide bonds. The van der Waals surface area contributed by atoms with E-state index < -0.39 is 15.9 Å². The molecule has 142 valence electrons. The van der Waals surface area contributed by atoms with Crippen molar-refractivity contribution >= 4 is 15.9 Å². The van der Waals surface area contributed by atoms with Crippen LogP contribution in [0.15, 0.2) is 83.8 Å². The van der Waals surface area contributed by atoms with Crippen molar-refractivity contribution in [1.29, 1.82) is 0 Å². The Morgan fingerprint density at radius 2 is 1.50 bits per heavy atom. The van der Waals surface area contributed by atoms with E-state index in [1.807, 2.05) is 48.5 Å². The number of sulfonamides is 1. The molecule has 1 aliphatic carbocycles. The average molecular weight is 391 g/mol. The standard InChI is InChI=1S/C23H21NO3S/c25-23(16-20-11-10-19-8-4-5-9-22(19)20)24-28(26,27)21-14-12-18(13-15-21)17-6-2-1-3-7-17/h1-9,12-15,20H,10-11,16H2,(H,24,25). The van der Waals surface area contributed by atoms with E-state index in [1.54, 1.807) is 12.1 Å². The third-order valence-corrected chi connectivity index (χ3v) is 6.60. The molecule has 1 atom stereocenters. The van der Waals surface area contributed by atoms with Crippen molar-refractivity contribution in [3.8, 4) is 11.1 Å². The lowest BCUT2D eigenvalue weighted by molar-refractivity contribution is -0.119. The molecule has 0 heterocycles. The van der Waals surface area contributed by atoms with Gasteiger partial charge in [0.05, 0.1) is 4.90 Å². The molecule has 4 nitrogen and oxygen atoms in total. The lowest BCUT2D eigenvalue weighted by Gasteiger charge is -2.12. The SMILES string of the molecule is O=C(CC1CCc2ccccc21)NS(=O)(=O)c1ccc(-c2ccccc2)cc1. The minimum atomic E-state index is -3.88. The van der Waals surface area contributed by atoms with Crippen LogP contribution < -0.4 is 4.72 Å². The molecule has 0 fully saturated rings. The third kappa shape index (κ3) is 3.85. The van der Waals surface area contributed by atoms with Gasteiger partial charge in [-0.05, 0) is 53.1 Å². The molecule has 0 bridgehead atoms. The van der Waals surface area contributed by atoms with Crippen LogP contribution in [0.4, 0.5) is 0 Å². The molecular weight excluding hydrogens is 370 g/mol. The highest BCUT2D eigenvalue weighted by atomic mass is 32.2. The number of rotatable bonds is 5. The zero-order valence-electron chi connectivity index (χ0n) is 15.3. The molecule has 4 rings (SSSR count). The van der Waals surface area contributed by atoms with E-state index in [-0.39, 0.29) is 17.2 Å². The normalized spacial score (nSPS) is 15.8. The first-order valence-electron chi connectivity index (χ1n) is 9.32. The zero-order valence-corrected chi connectivity index (χ0v) is 16.2. The van der Waals surface area contributed by atoms with Crippen LogP contribution in [0.5, 0.6) is 0 Å². The lowest BCUT2D eigenvalue weighted by atomic mass is 9.98. The number of carbonyl (C=O) groups excluding carboxylic acids is 1. The summed E-state index contributed by atoms with van der Waals surface area (Å²) >= 11 is 0. The molecule has 0 aromatic heterocycles. The van der Waals surface area contributed by atoms with Gasteiger partial charge in [0.25, 0.3) is 10.0 Å². The zero-order chi connectivity index (χ0) is 19.6. The van der Waals surface area contributed by atoms with E-state index >= 15 is 0 Å². The molecule has 3 aromatic rings. The van der Waals surface area contributed by atoms with Gasteiger partial charge in [-0.2, -0.15) is 0 Å². The van der Waals surface area contributed by atoms with Crippen LogP contribution in [0, 0.1) is 0 Å². The second-order valence-electron chi connectivity index (χ2n) is 7.06. The van der Waals surface area contributed by atoms with E-state index in [0.717, 1.165) is 29.5 Å². The van der Waals surface area contributed by atoms with Gasteiger partial charge in [-0.25, -0.2) is 13.1 Å². The number of aryl methyl sites for hydroxylation is 1. The highest BCUT2D eigenvalue weighted by Gasteiger charge is 2.26. The first kappa shape index (κ1) is 18.4. The molecule has 28 heavy (non-hydrogen) atoms.